The van der Waals surface area contributed by atoms with E-state index >= 15 is 0 Å². The SMILES string of the molecule is N#Cc1ccc(-c2nnc3n2CCN(C(=O)c2ccc(C(=O)NC4CCN(Cc5cc(F)cc(F)c5)CC4)nc2)C3)cc1. The number of hydrogen-bond acceptors (Lipinski definition) is 7. The van der Waals surface area contributed by atoms with E-state index in [1.807, 2.05) is 16.7 Å². The Labute approximate surface area is 246 Å². The van der Waals surface area contributed by atoms with Crippen molar-refractivity contribution in [3.63, 3.8) is 0 Å². The van der Waals surface area contributed by atoms with E-state index in [1.54, 1.807) is 29.2 Å². The van der Waals surface area contributed by atoms with E-state index in [0.29, 0.717) is 73.9 Å². The van der Waals surface area contributed by atoms with Gasteiger partial charge in [-0.3, -0.25) is 19.5 Å². The highest BCUT2D eigenvalue weighted by Crippen LogP contribution is 2.23. The molecule has 1 saturated heterocycles. The number of piperidine rings is 1. The number of halogens is 2. The minimum Gasteiger partial charge on any atom is -0.348 e. The molecule has 4 aromatic rings. The highest BCUT2D eigenvalue weighted by molar-refractivity contribution is 5.96. The Morgan fingerprint density at radius 3 is 2.37 bits per heavy atom. The summed E-state index contributed by atoms with van der Waals surface area (Å²) in [4.78, 5) is 34.1. The zero-order valence-corrected chi connectivity index (χ0v) is 23.2. The number of aromatic nitrogens is 4. The third-order valence-electron chi connectivity index (χ3n) is 7.81. The smallest absolute Gasteiger partial charge is 0.270 e. The average molecular weight is 583 g/mol. The molecule has 0 aliphatic carbocycles. The molecule has 2 aromatic carbocycles. The van der Waals surface area contributed by atoms with E-state index in [2.05, 4.69) is 31.5 Å². The summed E-state index contributed by atoms with van der Waals surface area (Å²) in [6, 6.07) is 15.9. The molecule has 0 spiro atoms. The summed E-state index contributed by atoms with van der Waals surface area (Å²) in [7, 11) is 0. The molecule has 0 atom stereocenters. The number of carbonyl (C=O) groups excluding carboxylic acids is 2. The van der Waals surface area contributed by atoms with Crippen LogP contribution in [0.4, 0.5) is 8.78 Å². The normalized spacial score (nSPS) is 15.5. The Morgan fingerprint density at radius 1 is 0.953 bits per heavy atom. The van der Waals surface area contributed by atoms with Crippen LogP contribution in [-0.4, -0.2) is 67.0 Å². The van der Waals surface area contributed by atoms with Gasteiger partial charge in [0.25, 0.3) is 11.8 Å². The van der Waals surface area contributed by atoms with Crippen LogP contribution in [0, 0.1) is 23.0 Å². The Hall–Kier alpha value is -5.02. The van der Waals surface area contributed by atoms with Crippen molar-refractivity contribution < 1.29 is 18.4 Å². The van der Waals surface area contributed by atoms with Crippen molar-refractivity contribution in [2.45, 2.75) is 38.5 Å². The molecule has 218 valence electrons. The van der Waals surface area contributed by atoms with Crippen LogP contribution in [0.25, 0.3) is 11.4 Å². The van der Waals surface area contributed by atoms with Crippen molar-refractivity contribution >= 4 is 11.8 Å². The molecule has 2 amide bonds. The van der Waals surface area contributed by atoms with Gasteiger partial charge in [0, 0.05) is 56.6 Å². The molecule has 1 N–H and O–H groups in total. The molecule has 0 bridgehead atoms. The van der Waals surface area contributed by atoms with Crippen LogP contribution in [0.15, 0.2) is 60.8 Å². The van der Waals surface area contributed by atoms with Gasteiger partial charge in [0.2, 0.25) is 0 Å². The van der Waals surface area contributed by atoms with E-state index in [1.165, 1.54) is 18.3 Å². The van der Waals surface area contributed by atoms with Crippen molar-refractivity contribution in [1.82, 2.24) is 34.9 Å². The lowest BCUT2D eigenvalue weighted by Crippen LogP contribution is -2.44. The maximum absolute atomic E-state index is 13.5. The van der Waals surface area contributed by atoms with Gasteiger partial charge in [0.15, 0.2) is 11.6 Å². The maximum Gasteiger partial charge on any atom is 0.270 e. The number of amides is 2. The molecule has 2 aromatic heterocycles. The molecular formula is C31H28F2N8O2. The summed E-state index contributed by atoms with van der Waals surface area (Å²) in [6.45, 7) is 3.08. The molecule has 6 rings (SSSR count). The van der Waals surface area contributed by atoms with E-state index in [9.17, 15) is 18.4 Å². The van der Waals surface area contributed by atoms with Crippen LogP contribution in [0.2, 0.25) is 0 Å². The van der Waals surface area contributed by atoms with Crippen LogP contribution in [-0.2, 0) is 19.6 Å². The number of rotatable bonds is 6. The fraction of sp³-hybridized carbons (Fsp3) is 0.290. The second-order valence-corrected chi connectivity index (χ2v) is 10.7. The minimum atomic E-state index is -0.590. The average Bonchev–Trinajstić information content (AvgIpc) is 3.45. The van der Waals surface area contributed by atoms with Crippen LogP contribution in [0.3, 0.4) is 0 Å². The van der Waals surface area contributed by atoms with Gasteiger partial charge in [0.1, 0.15) is 17.3 Å². The molecule has 1 fully saturated rings. The van der Waals surface area contributed by atoms with Gasteiger partial charge in [0.05, 0.1) is 23.7 Å². The fourth-order valence-corrected chi connectivity index (χ4v) is 5.53. The monoisotopic (exact) mass is 582 g/mol. The summed E-state index contributed by atoms with van der Waals surface area (Å²) in [5.74, 6) is -0.349. The Balaban J connectivity index is 1.01. The summed E-state index contributed by atoms with van der Waals surface area (Å²) in [6.07, 6.45) is 2.82. The van der Waals surface area contributed by atoms with Crippen molar-refractivity contribution in [2.75, 3.05) is 19.6 Å². The summed E-state index contributed by atoms with van der Waals surface area (Å²) >= 11 is 0. The number of pyridine rings is 1. The second-order valence-electron chi connectivity index (χ2n) is 10.7. The van der Waals surface area contributed by atoms with Gasteiger partial charge in [-0.15, -0.1) is 10.2 Å². The Kier molecular flexibility index (Phi) is 7.89. The van der Waals surface area contributed by atoms with Gasteiger partial charge in [-0.05, 0) is 66.9 Å². The predicted molar refractivity (Wildman–Crippen MR) is 151 cm³/mol. The van der Waals surface area contributed by atoms with Crippen LogP contribution in [0.1, 0.15) is 50.6 Å². The molecule has 10 nitrogen and oxygen atoms in total. The number of nitriles is 1. The lowest BCUT2D eigenvalue weighted by molar-refractivity contribution is 0.0706. The van der Waals surface area contributed by atoms with Crippen molar-refractivity contribution in [1.29, 1.82) is 5.26 Å². The molecule has 2 aliphatic rings. The van der Waals surface area contributed by atoms with Crippen LogP contribution < -0.4 is 5.32 Å². The van der Waals surface area contributed by atoms with E-state index < -0.39 is 11.6 Å². The number of nitrogens with zero attached hydrogens (tertiary/aromatic N) is 7. The third-order valence-corrected chi connectivity index (χ3v) is 7.81. The molecule has 0 unspecified atom stereocenters. The number of hydrogen-bond donors (Lipinski definition) is 1. The van der Waals surface area contributed by atoms with Gasteiger partial charge in [-0.25, -0.2) is 8.78 Å². The first kappa shape index (κ1) is 28.1. The van der Waals surface area contributed by atoms with Crippen LogP contribution >= 0.6 is 0 Å². The number of nitrogens with one attached hydrogen (secondary N) is 1. The van der Waals surface area contributed by atoms with Crippen molar-refractivity contribution in [3.05, 3.63) is 101 Å². The molecular weight excluding hydrogens is 554 g/mol. The fourth-order valence-electron chi connectivity index (χ4n) is 5.53. The molecule has 2 aliphatic heterocycles. The first-order valence-electron chi connectivity index (χ1n) is 14.0. The van der Waals surface area contributed by atoms with Gasteiger partial charge in [-0.2, -0.15) is 5.26 Å². The summed E-state index contributed by atoms with van der Waals surface area (Å²) in [5, 5.41) is 20.6. The van der Waals surface area contributed by atoms with Gasteiger partial charge >= 0.3 is 0 Å². The second kappa shape index (κ2) is 12.1. The van der Waals surface area contributed by atoms with Gasteiger partial charge < -0.3 is 14.8 Å². The summed E-state index contributed by atoms with van der Waals surface area (Å²) < 4.78 is 29.0. The van der Waals surface area contributed by atoms with E-state index in [4.69, 9.17) is 5.26 Å². The quantitative estimate of drug-likeness (QED) is 0.369. The molecule has 12 heteroatoms. The summed E-state index contributed by atoms with van der Waals surface area (Å²) in [5.41, 5.74) is 2.59. The Morgan fingerprint density at radius 2 is 1.70 bits per heavy atom. The molecule has 0 saturated carbocycles. The van der Waals surface area contributed by atoms with Crippen molar-refractivity contribution in [2.24, 2.45) is 0 Å². The first-order valence-corrected chi connectivity index (χ1v) is 14.0. The number of fused-ring (bicyclic) bond motifs is 1. The Bertz CT molecular complexity index is 1670. The minimum absolute atomic E-state index is 0.0454. The lowest BCUT2D eigenvalue weighted by atomic mass is 10.0. The largest absolute Gasteiger partial charge is 0.348 e. The highest BCUT2D eigenvalue weighted by atomic mass is 19.1. The van der Waals surface area contributed by atoms with Crippen LogP contribution in [0.5, 0.6) is 0 Å². The standard InChI is InChI=1S/C31H28F2N8O2/c32-24-13-21(14-25(33)15-24)18-39-9-7-26(8-10-39)36-30(42)27-6-5-23(17-35-27)31(43)40-11-12-41-28(19-40)37-38-29(41)22-3-1-20(16-34)2-4-22/h1-6,13-15,17,26H,7-12,18-19H2,(H,36,42). The zero-order valence-electron chi connectivity index (χ0n) is 23.2. The number of benzene rings is 2. The predicted octanol–water partition coefficient (Wildman–Crippen LogP) is 3.54. The zero-order chi connectivity index (χ0) is 29.9. The molecule has 4 heterocycles. The first-order chi connectivity index (χ1) is 20.9. The van der Waals surface area contributed by atoms with E-state index in [0.717, 1.165) is 11.6 Å². The number of likely N-dealkylation sites (tertiary alicyclic amines) is 1. The lowest BCUT2D eigenvalue weighted by Gasteiger charge is -2.32. The third kappa shape index (κ3) is 6.27. The maximum atomic E-state index is 13.5. The highest BCUT2D eigenvalue weighted by Gasteiger charge is 2.27. The van der Waals surface area contributed by atoms with E-state index in [-0.39, 0.29) is 30.1 Å². The number of carbonyl (C=O) groups is 2. The molecule has 0 radical (unpaired) electrons. The molecule has 43 heavy (non-hydrogen) atoms. The van der Waals surface area contributed by atoms with Gasteiger partial charge in [-0.1, -0.05) is 0 Å². The van der Waals surface area contributed by atoms with Crippen molar-refractivity contribution in [3.8, 4) is 17.5 Å². The topological polar surface area (TPSA) is 120 Å².